The average Bonchev–Trinajstić information content (AvgIpc) is 3.20. The van der Waals surface area contributed by atoms with Gasteiger partial charge in [0.15, 0.2) is 0 Å². The average molecular weight is 755 g/mol. The Labute approximate surface area is 317 Å². The molecule has 4 aromatic rings. The Balaban J connectivity index is 1.58. The lowest BCUT2D eigenvalue weighted by Gasteiger charge is -2.29. The molecule has 3 N–H and O–H groups in total. The first-order valence-corrected chi connectivity index (χ1v) is 17.5. The number of imide groups is 1. The van der Waals surface area contributed by atoms with Gasteiger partial charge < -0.3 is 30.0 Å². The number of nitrogens with one attached hydrogen (secondary N) is 1. The Kier molecular flexibility index (Phi) is 16.3. The quantitative estimate of drug-likeness (QED) is 0.0283. The molecule has 0 fully saturated rings. The normalized spacial score (nSPS) is 11.7. The van der Waals surface area contributed by atoms with Gasteiger partial charge in [-0.15, -0.1) is 0 Å². The van der Waals surface area contributed by atoms with Crippen LogP contribution < -0.4 is 15.8 Å². The van der Waals surface area contributed by atoms with Gasteiger partial charge in [0.25, 0.3) is 5.69 Å². The molecule has 0 saturated heterocycles. The van der Waals surface area contributed by atoms with Crippen LogP contribution in [-0.2, 0) is 48.4 Å². The van der Waals surface area contributed by atoms with Gasteiger partial charge in [-0.1, -0.05) is 91.0 Å². The Morgan fingerprint density at radius 1 is 0.673 bits per heavy atom. The SMILES string of the molecule is NCCCC[C@H](C(=O)N[C@@H](CCC(=O)OCc1ccccc1)C(=O)Oc1ccc([N+](=O)[O-])cc1)N(C(=O)OCc1ccccc1)C(=O)OCc1ccccc1. The first-order valence-electron chi connectivity index (χ1n) is 17.5. The summed E-state index contributed by atoms with van der Waals surface area (Å²) in [5.74, 6) is -2.73. The van der Waals surface area contributed by atoms with E-state index >= 15 is 0 Å². The van der Waals surface area contributed by atoms with E-state index in [2.05, 4.69) is 5.32 Å². The van der Waals surface area contributed by atoms with E-state index in [9.17, 15) is 34.1 Å². The number of ether oxygens (including phenoxy) is 4. The monoisotopic (exact) mass is 754 g/mol. The molecule has 3 amide bonds. The largest absolute Gasteiger partial charge is 0.461 e. The zero-order chi connectivity index (χ0) is 39.4. The minimum absolute atomic E-state index is 0.0295. The first-order chi connectivity index (χ1) is 26.6. The van der Waals surface area contributed by atoms with Crippen molar-refractivity contribution in [3.63, 3.8) is 0 Å². The van der Waals surface area contributed by atoms with E-state index in [0.29, 0.717) is 22.4 Å². The van der Waals surface area contributed by atoms with Gasteiger partial charge in [0.2, 0.25) is 5.91 Å². The number of hydrogen-bond acceptors (Lipinski definition) is 12. The predicted molar refractivity (Wildman–Crippen MR) is 198 cm³/mol. The number of hydrogen-bond donors (Lipinski definition) is 2. The Bertz CT molecular complexity index is 1810. The lowest BCUT2D eigenvalue weighted by atomic mass is 10.1. The van der Waals surface area contributed by atoms with E-state index in [1.165, 1.54) is 12.1 Å². The fourth-order valence-electron chi connectivity index (χ4n) is 5.18. The predicted octanol–water partition coefficient (Wildman–Crippen LogP) is 5.98. The number of carbonyl (C=O) groups excluding carboxylic acids is 5. The number of nitro benzene ring substituents is 1. The number of unbranched alkanes of at least 4 members (excludes halogenated alkanes) is 1. The highest BCUT2D eigenvalue weighted by atomic mass is 16.6. The minimum Gasteiger partial charge on any atom is -0.461 e. The molecule has 0 aliphatic heterocycles. The number of nitrogens with two attached hydrogens (primary N) is 1. The zero-order valence-electron chi connectivity index (χ0n) is 30.0. The van der Waals surface area contributed by atoms with Crippen molar-refractivity contribution in [1.29, 1.82) is 0 Å². The molecular weight excluding hydrogens is 712 g/mol. The maximum absolute atomic E-state index is 14.2. The van der Waals surface area contributed by atoms with E-state index in [4.69, 9.17) is 24.7 Å². The van der Waals surface area contributed by atoms with Crippen molar-refractivity contribution in [2.75, 3.05) is 6.54 Å². The molecule has 0 unspecified atom stereocenters. The third-order valence-corrected chi connectivity index (χ3v) is 8.10. The van der Waals surface area contributed by atoms with Crippen molar-refractivity contribution in [2.45, 2.75) is 64.0 Å². The topological polar surface area (TPSA) is 207 Å². The number of benzene rings is 4. The number of nitro groups is 1. The van der Waals surface area contributed by atoms with Crippen molar-refractivity contribution in [1.82, 2.24) is 10.2 Å². The summed E-state index contributed by atoms with van der Waals surface area (Å²) in [5, 5.41) is 13.7. The summed E-state index contributed by atoms with van der Waals surface area (Å²) in [7, 11) is 0. The van der Waals surface area contributed by atoms with Crippen molar-refractivity contribution < 1.29 is 47.8 Å². The molecule has 0 aliphatic carbocycles. The number of carbonyl (C=O) groups is 5. The van der Waals surface area contributed by atoms with Crippen molar-refractivity contribution in [3.8, 4) is 5.75 Å². The number of amides is 3. The third kappa shape index (κ3) is 13.7. The minimum atomic E-state index is -1.56. The van der Waals surface area contributed by atoms with Crippen LogP contribution in [0.25, 0.3) is 0 Å². The fourth-order valence-corrected chi connectivity index (χ4v) is 5.18. The summed E-state index contributed by atoms with van der Waals surface area (Å²) in [6, 6.07) is 27.9. The molecule has 0 heterocycles. The Morgan fingerprint density at radius 2 is 1.16 bits per heavy atom. The lowest BCUT2D eigenvalue weighted by molar-refractivity contribution is -0.384. The van der Waals surface area contributed by atoms with Crippen LogP contribution in [-0.4, -0.2) is 58.5 Å². The summed E-state index contributed by atoms with van der Waals surface area (Å²) < 4.78 is 21.8. The number of non-ortho nitro benzene ring substituents is 1. The Hall–Kier alpha value is -6.61. The maximum atomic E-state index is 14.2. The molecular formula is C40H42N4O11. The third-order valence-electron chi connectivity index (χ3n) is 8.10. The van der Waals surface area contributed by atoms with E-state index in [0.717, 1.165) is 17.7 Å². The molecule has 0 aromatic heterocycles. The molecule has 0 bridgehead atoms. The van der Waals surface area contributed by atoms with Gasteiger partial charge in [-0.25, -0.2) is 14.4 Å². The first kappa shape index (κ1) is 41.2. The van der Waals surface area contributed by atoms with Crippen LogP contribution in [0, 0.1) is 10.1 Å². The van der Waals surface area contributed by atoms with E-state index in [1.807, 2.05) is 6.07 Å². The molecule has 0 saturated carbocycles. The summed E-state index contributed by atoms with van der Waals surface area (Å²) >= 11 is 0. The van der Waals surface area contributed by atoms with Crippen LogP contribution in [0.2, 0.25) is 0 Å². The van der Waals surface area contributed by atoms with Crippen molar-refractivity contribution in [3.05, 3.63) is 142 Å². The van der Waals surface area contributed by atoms with E-state index < -0.39 is 47.0 Å². The van der Waals surface area contributed by atoms with Crippen LogP contribution in [0.3, 0.4) is 0 Å². The van der Waals surface area contributed by atoms with Gasteiger partial charge in [-0.2, -0.15) is 4.90 Å². The van der Waals surface area contributed by atoms with Gasteiger partial charge in [0.1, 0.15) is 37.7 Å². The highest BCUT2D eigenvalue weighted by Gasteiger charge is 2.39. The zero-order valence-corrected chi connectivity index (χ0v) is 30.0. The van der Waals surface area contributed by atoms with Crippen molar-refractivity contribution in [2.24, 2.45) is 5.73 Å². The van der Waals surface area contributed by atoms with Gasteiger partial charge in [-0.3, -0.25) is 19.7 Å². The summed E-state index contributed by atoms with van der Waals surface area (Å²) in [4.78, 5) is 78.9. The molecule has 4 rings (SSSR count). The van der Waals surface area contributed by atoms with Gasteiger partial charge in [0.05, 0.1) is 4.92 Å². The molecule has 288 valence electrons. The van der Waals surface area contributed by atoms with Gasteiger partial charge in [-0.05, 0) is 61.1 Å². The maximum Gasteiger partial charge on any atom is 0.420 e. The molecule has 0 radical (unpaired) electrons. The summed E-state index contributed by atoms with van der Waals surface area (Å²) in [6.07, 6.45) is -2.38. The number of esters is 2. The van der Waals surface area contributed by atoms with Gasteiger partial charge in [0, 0.05) is 18.6 Å². The standard InChI is InChI=1S/C40H42N4O11/c41-25-11-10-18-35(43(39(48)53-27-30-14-6-2-7-15-30)40(49)54-28-31-16-8-3-9-17-31)37(46)42-34(23-24-36(45)52-26-29-12-4-1-5-13-29)38(47)55-33-21-19-32(20-22-33)44(50)51/h1-9,12-17,19-22,34-35H,10-11,18,23-28,41H2,(H,42,46)/t34-,35+/m0/s1. The van der Waals surface area contributed by atoms with Crippen LogP contribution in [0.1, 0.15) is 48.8 Å². The Morgan fingerprint density at radius 3 is 1.64 bits per heavy atom. The van der Waals surface area contributed by atoms with Crippen LogP contribution in [0.5, 0.6) is 5.75 Å². The number of rotatable bonds is 19. The summed E-state index contributed by atoms with van der Waals surface area (Å²) in [5.41, 5.74) is 7.44. The lowest BCUT2D eigenvalue weighted by Crippen LogP contribution is -2.56. The van der Waals surface area contributed by atoms with Crippen LogP contribution in [0.15, 0.2) is 115 Å². The van der Waals surface area contributed by atoms with Crippen molar-refractivity contribution >= 4 is 35.7 Å². The molecule has 2 atom stereocenters. The van der Waals surface area contributed by atoms with Crippen LogP contribution in [0.4, 0.5) is 15.3 Å². The molecule has 0 aliphatic rings. The van der Waals surface area contributed by atoms with E-state index in [-0.39, 0.29) is 63.5 Å². The van der Waals surface area contributed by atoms with E-state index in [1.54, 1.807) is 84.9 Å². The highest BCUT2D eigenvalue weighted by Crippen LogP contribution is 2.20. The molecule has 15 nitrogen and oxygen atoms in total. The second-order valence-corrected chi connectivity index (χ2v) is 12.2. The molecule has 55 heavy (non-hydrogen) atoms. The number of nitrogens with zero attached hydrogens (tertiary/aromatic N) is 2. The molecule has 4 aromatic carbocycles. The fraction of sp³-hybridized carbons (Fsp3) is 0.275. The van der Waals surface area contributed by atoms with Gasteiger partial charge >= 0.3 is 24.1 Å². The van der Waals surface area contributed by atoms with Crippen LogP contribution >= 0.6 is 0 Å². The second-order valence-electron chi connectivity index (χ2n) is 12.2. The highest BCUT2D eigenvalue weighted by molar-refractivity contribution is 5.97. The second kappa shape index (κ2) is 21.8. The molecule has 15 heteroatoms. The summed E-state index contributed by atoms with van der Waals surface area (Å²) in [6.45, 7) is -0.234. The molecule has 0 spiro atoms. The smallest absolute Gasteiger partial charge is 0.420 e.